The molecular weight excluding hydrogens is 413 g/mol. The van der Waals surface area contributed by atoms with E-state index in [-0.39, 0.29) is 28.7 Å². The van der Waals surface area contributed by atoms with Gasteiger partial charge < -0.3 is 20.3 Å². The van der Waals surface area contributed by atoms with Crippen molar-refractivity contribution in [2.45, 2.75) is 52.5 Å². The van der Waals surface area contributed by atoms with Gasteiger partial charge in [0, 0.05) is 39.8 Å². The lowest BCUT2D eigenvalue weighted by Gasteiger charge is -2.36. The summed E-state index contributed by atoms with van der Waals surface area (Å²) in [6, 6.07) is 4.90. The second-order valence-electron chi connectivity index (χ2n) is 9.52. The number of benzene rings is 1. The topological polar surface area (TPSA) is 87.7 Å². The van der Waals surface area contributed by atoms with Crippen molar-refractivity contribution in [1.29, 1.82) is 0 Å². The number of nitrogens with one attached hydrogen (secondary N) is 2. The molecule has 1 aromatic carbocycles. The highest BCUT2D eigenvalue weighted by atomic mass is 19.1. The van der Waals surface area contributed by atoms with Gasteiger partial charge in [0.05, 0.1) is 5.56 Å². The summed E-state index contributed by atoms with van der Waals surface area (Å²) >= 11 is 0. The number of carbonyl (C=O) groups excluding carboxylic acids is 3. The molecule has 1 aliphatic rings. The highest BCUT2D eigenvalue weighted by Crippen LogP contribution is 2.25. The molecule has 32 heavy (non-hydrogen) atoms. The Morgan fingerprint density at radius 2 is 1.84 bits per heavy atom. The maximum absolute atomic E-state index is 14.1. The fourth-order valence-electron chi connectivity index (χ4n) is 3.85. The Morgan fingerprint density at radius 3 is 2.44 bits per heavy atom. The number of amides is 3. The number of nitrogens with zero attached hydrogens (tertiary/aromatic N) is 1. The average Bonchev–Trinajstić information content (AvgIpc) is 2.74. The predicted octanol–water partition coefficient (Wildman–Crippen LogP) is 2.75. The summed E-state index contributed by atoms with van der Waals surface area (Å²) in [5.41, 5.74) is -0.186. The van der Waals surface area contributed by atoms with Crippen molar-refractivity contribution < 1.29 is 23.5 Å². The number of carbonyl (C=O) groups is 3. The summed E-state index contributed by atoms with van der Waals surface area (Å²) in [6.45, 7) is 8.08. The predicted molar refractivity (Wildman–Crippen MR) is 121 cm³/mol. The maximum Gasteiger partial charge on any atom is 0.254 e. The SMILES string of the molecule is COCCCNC(=O)[C@@H](NC(=O)c1ccccc1F)C1CCN(C(=O)CC(C)(C)C)CC1. The highest BCUT2D eigenvalue weighted by Gasteiger charge is 2.34. The summed E-state index contributed by atoms with van der Waals surface area (Å²) in [5.74, 6) is -1.60. The second-order valence-corrected chi connectivity index (χ2v) is 9.52. The number of methoxy groups -OCH3 is 1. The molecule has 8 heteroatoms. The maximum atomic E-state index is 14.1. The molecule has 2 rings (SSSR count). The quantitative estimate of drug-likeness (QED) is 0.568. The molecule has 1 atom stereocenters. The number of halogens is 1. The normalized spacial score (nSPS) is 15.8. The monoisotopic (exact) mass is 449 g/mol. The molecule has 178 valence electrons. The minimum absolute atomic E-state index is 0.0910. The Hall–Kier alpha value is -2.48. The first-order valence-corrected chi connectivity index (χ1v) is 11.2. The van der Waals surface area contributed by atoms with Gasteiger partial charge in [-0.05, 0) is 42.7 Å². The number of hydrogen-bond acceptors (Lipinski definition) is 4. The first-order valence-electron chi connectivity index (χ1n) is 11.2. The Morgan fingerprint density at radius 1 is 1.19 bits per heavy atom. The van der Waals surface area contributed by atoms with Gasteiger partial charge in [-0.1, -0.05) is 32.9 Å². The molecule has 1 saturated heterocycles. The smallest absolute Gasteiger partial charge is 0.254 e. The van der Waals surface area contributed by atoms with Crippen molar-refractivity contribution in [3.8, 4) is 0 Å². The van der Waals surface area contributed by atoms with Gasteiger partial charge in [-0.25, -0.2) is 4.39 Å². The highest BCUT2D eigenvalue weighted by molar-refractivity contribution is 5.97. The molecule has 1 heterocycles. The fraction of sp³-hybridized carbons (Fsp3) is 0.625. The number of likely N-dealkylation sites (tertiary alicyclic amines) is 1. The zero-order chi connectivity index (χ0) is 23.7. The van der Waals surface area contributed by atoms with Crippen LogP contribution in [0.5, 0.6) is 0 Å². The van der Waals surface area contributed by atoms with Crippen LogP contribution in [-0.2, 0) is 14.3 Å². The van der Waals surface area contributed by atoms with Gasteiger partial charge in [-0.2, -0.15) is 0 Å². The molecule has 0 saturated carbocycles. The van der Waals surface area contributed by atoms with E-state index in [9.17, 15) is 18.8 Å². The van der Waals surface area contributed by atoms with Gasteiger partial charge in [-0.15, -0.1) is 0 Å². The van der Waals surface area contributed by atoms with E-state index in [4.69, 9.17) is 4.74 Å². The number of rotatable bonds is 9. The standard InChI is InChI=1S/C24H36FN3O4/c1-24(2,3)16-20(29)28-13-10-17(11-14-28)21(23(31)26-12-7-15-32-4)27-22(30)18-8-5-6-9-19(18)25/h5-6,8-9,17,21H,7,10-16H2,1-4H3,(H,26,31)(H,27,30)/t21-/m0/s1. The van der Waals surface area contributed by atoms with Crippen LogP contribution in [0.1, 0.15) is 56.8 Å². The molecule has 0 aliphatic carbocycles. The van der Waals surface area contributed by atoms with Crippen LogP contribution in [0.4, 0.5) is 4.39 Å². The van der Waals surface area contributed by atoms with Gasteiger partial charge in [-0.3, -0.25) is 14.4 Å². The molecule has 1 aliphatic heterocycles. The zero-order valence-electron chi connectivity index (χ0n) is 19.6. The Kier molecular flexibility index (Phi) is 9.62. The minimum atomic E-state index is -0.801. The van der Waals surface area contributed by atoms with Crippen molar-refractivity contribution in [1.82, 2.24) is 15.5 Å². The van der Waals surface area contributed by atoms with E-state index in [1.165, 1.54) is 18.2 Å². The summed E-state index contributed by atoms with van der Waals surface area (Å²) in [4.78, 5) is 40.0. The number of piperidine rings is 1. The Bertz CT molecular complexity index is 786. The molecule has 0 aromatic heterocycles. The van der Waals surface area contributed by atoms with Crippen molar-refractivity contribution in [3.63, 3.8) is 0 Å². The molecule has 1 aromatic rings. The third kappa shape index (κ3) is 7.89. The molecular formula is C24H36FN3O4. The van der Waals surface area contributed by atoms with Crippen molar-refractivity contribution in [3.05, 3.63) is 35.6 Å². The van der Waals surface area contributed by atoms with Crippen molar-refractivity contribution in [2.75, 3.05) is 33.4 Å². The van der Waals surface area contributed by atoms with E-state index in [1.54, 1.807) is 13.2 Å². The largest absolute Gasteiger partial charge is 0.385 e. The van der Waals surface area contributed by atoms with E-state index < -0.39 is 17.8 Å². The van der Waals surface area contributed by atoms with Gasteiger partial charge in [0.2, 0.25) is 11.8 Å². The van der Waals surface area contributed by atoms with E-state index in [0.29, 0.717) is 51.9 Å². The van der Waals surface area contributed by atoms with Gasteiger partial charge in [0.15, 0.2) is 0 Å². The third-order valence-corrected chi connectivity index (χ3v) is 5.56. The molecule has 0 spiro atoms. The summed E-state index contributed by atoms with van der Waals surface area (Å²) < 4.78 is 19.1. The molecule has 0 bridgehead atoms. The van der Waals surface area contributed by atoms with Crippen LogP contribution in [0.25, 0.3) is 0 Å². The van der Waals surface area contributed by atoms with Crippen LogP contribution in [0.15, 0.2) is 24.3 Å². The van der Waals surface area contributed by atoms with Crippen molar-refractivity contribution >= 4 is 17.7 Å². The van der Waals surface area contributed by atoms with E-state index in [2.05, 4.69) is 10.6 Å². The fourth-order valence-corrected chi connectivity index (χ4v) is 3.85. The van der Waals surface area contributed by atoms with Crippen LogP contribution in [0, 0.1) is 17.2 Å². The lowest BCUT2D eigenvalue weighted by atomic mass is 9.87. The molecule has 0 radical (unpaired) electrons. The van der Waals surface area contributed by atoms with Crippen LogP contribution in [0.3, 0.4) is 0 Å². The van der Waals surface area contributed by atoms with E-state index in [1.807, 2.05) is 25.7 Å². The lowest BCUT2D eigenvalue weighted by molar-refractivity contribution is -0.134. The molecule has 1 fully saturated rings. The van der Waals surface area contributed by atoms with Crippen LogP contribution in [0.2, 0.25) is 0 Å². The van der Waals surface area contributed by atoms with Crippen LogP contribution in [-0.4, -0.2) is 62.0 Å². The van der Waals surface area contributed by atoms with Crippen molar-refractivity contribution in [2.24, 2.45) is 11.3 Å². The minimum Gasteiger partial charge on any atom is -0.385 e. The van der Waals surface area contributed by atoms with Gasteiger partial charge in [0.25, 0.3) is 5.91 Å². The zero-order valence-corrected chi connectivity index (χ0v) is 19.6. The second kappa shape index (κ2) is 11.9. The van der Waals surface area contributed by atoms with E-state index >= 15 is 0 Å². The van der Waals surface area contributed by atoms with Gasteiger partial charge in [0.1, 0.15) is 11.9 Å². The summed E-state index contributed by atoms with van der Waals surface area (Å²) in [7, 11) is 1.59. The Labute approximate surface area is 190 Å². The summed E-state index contributed by atoms with van der Waals surface area (Å²) in [6.07, 6.45) is 2.29. The van der Waals surface area contributed by atoms with Crippen LogP contribution >= 0.6 is 0 Å². The average molecular weight is 450 g/mol. The number of ether oxygens (including phenoxy) is 1. The van der Waals surface area contributed by atoms with Crippen LogP contribution < -0.4 is 10.6 Å². The molecule has 2 N–H and O–H groups in total. The lowest BCUT2D eigenvalue weighted by Crippen LogP contribution is -2.54. The first kappa shape index (κ1) is 25.8. The summed E-state index contributed by atoms with van der Waals surface area (Å²) in [5, 5.41) is 5.58. The van der Waals surface area contributed by atoms with Gasteiger partial charge >= 0.3 is 0 Å². The first-order chi connectivity index (χ1) is 15.1. The molecule has 0 unspecified atom stereocenters. The van der Waals surface area contributed by atoms with E-state index in [0.717, 1.165) is 0 Å². The third-order valence-electron chi connectivity index (χ3n) is 5.56. The molecule has 7 nitrogen and oxygen atoms in total. The number of hydrogen-bond donors (Lipinski definition) is 2. The molecule has 3 amide bonds. The Balaban J connectivity index is 2.06.